The van der Waals surface area contributed by atoms with E-state index >= 15 is 0 Å². The van der Waals surface area contributed by atoms with Crippen LogP contribution in [0.4, 0.5) is 0 Å². The van der Waals surface area contributed by atoms with E-state index in [-0.39, 0.29) is 0 Å². The van der Waals surface area contributed by atoms with Gasteiger partial charge in [0.15, 0.2) is 0 Å². The Bertz CT molecular complexity index is 844. The van der Waals surface area contributed by atoms with Gasteiger partial charge in [-0.15, -0.1) is 0 Å². The minimum Gasteiger partial charge on any atom is -0.490 e. The van der Waals surface area contributed by atoms with Gasteiger partial charge in [0.05, 0.1) is 0 Å². The molecule has 0 spiro atoms. The molecule has 1 aliphatic heterocycles. The number of β-amino-alcohol motifs (C(OH)–C–C–N with tert-alkyl or cyclic N) is 1. The van der Waals surface area contributed by atoms with Crippen molar-refractivity contribution in [3.8, 4) is 5.75 Å². The molecule has 3 aromatic rings. The molecule has 0 bridgehead atoms. The third-order valence-corrected chi connectivity index (χ3v) is 5.19. The van der Waals surface area contributed by atoms with E-state index in [4.69, 9.17) is 4.74 Å². The molecule has 0 aliphatic carbocycles. The summed E-state index contributed by atoms with van der Waals surface area (Å²) in [6, 6.07) is 24.9. The van der Waals surface area contributed by atoms with Gasteiger partial charge in [0.25, 0.3) is 0 Å². The van der Waals surface area contributed by atoms with Crippen molar-refractivity contribution in [2.75, 3.05) is 26.2 Å². The van der Waals surface area contributed by atoms with Crippen molar-refractivity contribution in [1.29, 1.82) is 0 Å². The summed E-state index contributed by atoms with van der Waals surface area (Å²) in [5, 5.41) is 12.7. The third kappa shape index (κ3) is 3.90. The molecular weight excluding hydrogens is 322 g/mol. The van der Waals surface area contributed by atoms with Crippen molar-refractivity contribution in [3.05, 3.63) is 78.4 Å². The van der Waals surface area contributed by atoms with E-state index in [1.54, 1.807) is 0 Å². The Morgan fingerprint density at radius 2 is 1.73 bits per heavy atom. The van der Waals surface area contributed by atoms with Crippen molar-refractivity contribution in [2.24, 2.45) is 0 Å². The zero-order chi connectivity index (χ0) is 17.8. The van der Waals surface area contributed by atoms with Crippen molar-refractivity contribution >= 4 is 10.8 Å². The topological polar surface area (TPSA) is 32.7 Å². The summed E-state index contributed by atoms with van der Waals surface area (Å²) in [5.74, 6) is 1.41. The van der Waals surface area contributed by atoms with Crippen molar-refractivity contribution in [2.45, 2.75) is 18.4 Å². The monoisotopic (exact) mass is 347 g/mol. The minimum absolute atomic E-state index is 0.320. The van der Waals surface area contributed by atoms with E-state index in [0.29, 0.717) is 19.1 Å². The zero-order valence-electron chi connectivity index (χ0n) is 14.9. The lowest BCUT2D eigenvalue weighted by atomic mass is 9.99. The average molecular weight is 347 g/mol. The molecule has 0 radical (unpaired) electrons. The smallest absolute Gasteiger partial charge is 0.127 e. The molecule has 3 nitrogen and oxygen atoms in total. The second-order valence-corrected chi connectivity index (χ2v) is 7.10. The highest BCUT2D eigenvalue weighted by atomic mass is 16.5. The summed E-state index contributed by atoms with van der Waals surface area (Å²) in [4.78, 5) is 2.34. The van der Waals surface area contributed by atoms with Crippen LogP contribution >= 0.6 is 0 Å². The van der Waals surface area contributed by atoms with Crippen molar-refractivity contribution < 1.29 is 9.84 Å². The van der Waals surface area contributed by atoms with Crippen LogP contribution < -0.4 is 4.74 Å². The molecular formula is C23H25NO2. The number of fused-ring (bicyclic) bond motifs is 1. The Labute approximate surface area is 154 Å². The molecule has 0 saturated carbocycles. The maximum Gasteiger partial charge on any atom is 0.127 e. The van der Waals surface area contributed by atoms with Crippen LogP contribution in [0.5, 0.6) is 5.75 Å². The molecule has 2 unspecified atom stereocenters. The van der Waals surface area contributed by atoms with Gasteiger partial charge in [0, 0.05) is 18.5 Å². The first-order chi connectivity index (χ1) is 12.8. The fourth-order valence-electron chi connectivity index (χ4n) is 3.85. The standard InChI is InChI=1S/C23H25NO2/c25-21(16-24-14-13-20(15-24)18-7-2-1-3-8-18)17-26-23-12-6-10-19-9-4-5-11-22(19)23/h1-12,20-21,25H,13-17H2. The molecule has 1 saturated heterocycles. The lowest BCUT2D eigenvalue weighted by Crippen LogP contribution is -2.34. The predicted molar refractivity (Wildman–Crippen MR) is 106 cm³/mol. The molecule has 134 valence electrons. The molecule has 0 aromatic heterocycles. The van der Waals surface area contributed by atoms with Crippen LogP contribution in [0.3, 0.4) is 0 Å². The van der Waals surface area contributed by atoms with Crippen molar-refractivity contribution in [3.63, 3.8) is 0 Å². The number of hydrogen-bond donors (Lipinski definition) is 1. The summed E-state index contributed by atoms with van der Waals surface area (Å²) < 4.78 is 5.93. The first-order valence-electron chi connectivity index (χ1n) is 9.35. The molecule has 4 rings (SSSR count). The number of likely N-dealkylation sites (tertiary alicyclic amines) is 1. The summed E-state index contributed by atoms with van der Waals surface area (Å²) in [5.41, 5.74) is 1.40. The van der Waals surface area contributed by atoms with Gasteiger partial charge >= 0.3 is 0 Å². The lowest BCUT2D eigenvalue weighted by molar-refractivity contribution is 0.0760. The molecule has 1 aliphatic rings. The van der Waals surface area contributed by atoms with E-state index in [1.807, 2.05) is 24.3 Å². The van der Waals surface area contributed by atoms with Crippen LogP contribution in [0.25, 0.3) is 10.8 Å². The molecule has 1 N–H and O–H groups in total. The van der Waals surface area contributed by atoms with E-state index in [0.717, 1.165) is 36.0 Å². The van der Waals surface area contributed by atoms with Gasteiger partial charge in [0.1, 0.15) is 18.5 Å². The van der Waals surface area contributed by atoms with Gasteiger partial charge in [-0.2, -0.15) is 0 Å². The van der Waals surface area contributed by atoms with E-state index in [1.165, 1.54) is 5.56 Å². The van der Waals surface area contributed by atoms with Crippen LogP contribution in [0.1, 0.15) is 17.9 Å². The number of rotatable bonds is 6. The van der Waals surface area contributed by atoms with Crippen molar-refractivity contribution in [1.82, 2.24) is 4.90 Å². The second kappa shape index (κ2) is 7.90. The van der Waals surface area contributed by atoms with Gasteiger partial charge in [0.2, 0.25) is 0 Å². The molecule has 2 atom stereocenters. The Balaban J connectivity index is 1.31. The average Bonchev–Trinajstić information content (AvgIpc) is 3.15. The van der Waals surface area contributed by atoms with E-state index in [2.05, 4.69) is 53.4 Å². The normalized spacial score (nSPS) is 18.9. The molecule has 3 heteroatoms. The SMILES string of the molecule is OC(COc1cccc2ccccc12)CN1CCC(c2ccccc2)C1. The molecule has 3 aromatic carbocycles. The van der Waals surface area contributed by atoms with E-state index < -0.39 is 6.10 Å². The Morgan fingerprint density at radius 1 is 0.962 bits per heavy atom. The highest BCUT2D eigenvalue weighted by Gasteiger charge is 2.25. The van der Waals surface area contributed by atoms with Crippen LogP contribution in [-0.4, -0.2) is 42.4 Å². The second-order valence-electron chi connectivity index (χ2n) is 7.10. The number of ether oxygens (including phenoxy) is 1. The number of aliphatic hydroxyl groups is 1. The van der Waals surface area contributed by atoms with Crippen LogP contribution in [0.15, 0.2) is 72.8 Å². The van der Waals surface area contributed by atoms with E-state index in [9.17, 15) is 5.11 Å². The summed E-state index contributed by atoms with van der Waals surface area (Å²) >= 11 is 0. The molecule has 1 fully saturated rings. The maximum atomic E-state index is 10.4. The van der Waals surface area contributed by atoms with Gasteiger partial charge in [-0.25, -0.2) is 0 Å². The minimum atomic E-state index is -0.483. The highest BCUT2D eigenvalue weighted by molar-refractivity contribution is 5.88. The summed E-state index contributed by atoms with van der Waals surface area (Å²) in [6.07, 6.45) is 0.671. The van der Waals surface area contributed by atoms with Crippen LogP contribution in [0, 0.1) is 0 Å². The van der Waals surface area contributed by atoms with Crippen LogP contribution in [-0.2, 0) is 0 Å². The number of nitrogens with zero attached hydrogens (tertiary/aromatic N) is 1. The zero-order valence-corrected chi connectivity index (χ0v) is 14.9. The fraction of sp³-hybridized carbons (Fsp3) is 0.304. The highest BCUT2D eigenvalue weighted by Crippen LogP contribution is 2.27. The first-order valence-corrected chi connectivity index (χ1v) is 9.35. The number of aliphatic hydroxyl groups excluding tert-OH is 1. The Hall–Kier alpha value is -2.36. The van der Waals surface area contributed by atoms with Gasteiger partial charge in [-0.1, -0.05) is 66.7 Å². The van der Waals surface area contributed by atoms with Gasteiger partial charge in [-0.3, -0.25) is 0 Å². The van der Waals surface area contributed by atoms with Gasteiger partial charge < -0.3 is 14.7 Å². The Kier molecular flexibility index (Phi) is 5.19. The largest absolute Gasteiger partial charge is 0.490 e. The summed E-state index contributed by atoms with van der Waals surface area (Å²) in [7, 11) is 0. The maximum absolute atomic E-state index is 10.4. The molecule has 0 amide bonds. The van der Waals surface area contributed by atoms with Gasteiger partial charge in [-0.05, 0) is 35.9 Å². The third-order valence-electron chi connectivity index (χ3n) is 5.19. The predicted octanol–water partition coefficient (Wildman–Crippen LogP) is 4.07. The number of benzene rings is 3. The fourth-order valence-corrected chi connectivity index (χ4v) is 3.85. The quantitative estimate of drug-likeness (QED) is 0.730. The van der Waals surface area contributed by atoms with Crippen LogP contribution in [0.2, 0.25) is 0 Å². The lowest BCUT2D eigenvalue weighted by Gasteiger charge is -2.21. The molecule has 1 heterocycles. The first kappa shape index (κ1) is 17.1. The molecule has 26 heavy (non-hydrogen) atoms. The number of hydrogen-bond acceptors (Lipinski definition) is 3. The Morgan fingerprint density at radius 3 is 2.62 bits per heavy atom. The summed E-state index contributed by atoms with van der Waals surface area (Å²) in [6.45, 7) is 3.02.